The van der Waals surface area contributed by atoms with Gasteiger partial charge in [-0.05, 0) is 24.8 Å². The van der Waals surface area contributed by atoms with Crippen molar-refractivity contribution in [3.8, 4) is 11.9 Å². The summed E-state index contributed by atoms with van der Waals surface area (Å²) in [6.07, 6.45) is 6.03. The van der Waals surface area contributed by atoms with Crippen LogP contribution in [-0.2, 0) is 11.3 Å². The van der Waals surface area contributed by atoms with Crippen LogP contribution in [0.5, 0.6) is 5.88 Å². The van der Waals surface area contributed by atoms with Crippen molar-refractivity contribution in [3.05, 3.63) is 33.8 Å². The van der Waals surface area contributed by atoms with Crippen molar-refractivity contribution in [1.29, 1.82) is 5.26 Å². The topological polar surface area (TPSA) is 133 Å². The molecule has 31 heavy (non-hydrogen) atoms. The average molecular weight is 424 g/mol. The predicted octanol–water partition coefficient (Wildman–Crippen LogP) is 0.745. The van der Waals surface area contributed by atoms with E-state index in [0.717, 1.165) is 17.4 Å². The molecule has 162 valence electrons. The Hall–Kier alpha value is -3.61. The first-order valence-corrected chi connectivity index (χ1v) is 10.3. The van der Waals surface area contributed by atoms with Gasteiger partial charge in [-0.1, -0.05) is 13.8 Å². The van der Waals surface area contributed by atoms with Crippen molar-refractivity contribution in [2.75, 3.05) is 13.1 Å². The molecule has 10 heteroatoms. The van der Waals surface area contributed by atoms with Crippen LogP contribution >= 0.6 is 0 Å². The Kier molecular flexibility index (Phi) is 5.27. The summed E-state index contributed by atoms with van der Waals surface area (Å²) in [6.45, 7) is 4.97. The summed E-state index contributed by atoms with van der Waals surface area (Å²) in [6, 6.07) is 2.15. The number of likely N-dealkylation sites (tertiary alicyclic amines) is 1. The van der Waals surface area contributed by atoms with Gasteiger partial charge in [-0.2, -0.15) is 14.9 Å². The number of nitrogens with zero attached hydrogens (tertiary/aromatic N) is 5. The van der Waals surface area contributed by atoms with Crippen LogP contribution in [0.25, 0.3) is 11.7 Å². The molecule has 0 bridgehead atoms. The summed E-state index contributed by atoms with van der Waals surface area (Å²) < 4.78 is 2.57. The maximum Gasteiger partial charge on any atom is 0.270 e. The zero-order valence-corrected chi connectivity index (χ0v) is 17.4. The molecule has 1 aliphatic heterocycles. The third kappa shape index (κ3) is 3.91. The third-order valence-electron chi connectivity index (χ3n) is 5.38. The predicted molar refractivity (Wildman–Crippen MR) is 111 cm³/mol. The van der Waals surface area contributed by atoms with Crippen LogP contribution in [0, 0.1) is 23.2 Å². The SMILES string of the molecule is CC(C)Cn1c(=O)c(C(=O)NC2CC2)c(O)n2ncc(/C=C/C(=O)N3CC(C#N)C3)c12. The standard InChI is InChI=1S/C21H24N6O4/c1-12(2)9-26-19-14(3-6-16(28)25-10-13(7-22)11-25)8-23-27(19)21(31)17(20(26)30)18(29)24-15-4-5-15/h3,6,8,12-13,15,31H,4-5,9-11H2,1-2H3,(H,24,29)/b6-3+. The molecule has 2 aliphatic rings. The number of carbonyl (C=O) groups is 2. The van der Waals surface area contributed by atoms with Gasteiger partial charge < -0.3 is 15.3 Å². The molecular formula is C21H24N6O4. The van der Waals surface area contributed by atoms with Crippen molar-refractivity contribution >= 4 is 23.5 Å². The second kappa shape index (κ2) is 7.91. The lowest BCUT2D eigenvalue weighted by molar-refractivity contribution is -0.130. The number of hydrogen-bond acceptors (Lipinski definition) is 6. The molecule has 0 unspecified atom stereocenters. The molecule has 1 saturated heterocycles. The number of aromatic hydroxyl groups is 1. The molecule has 2 N–H and O–H groups in total. The summed E-state index contributed by atoms with van der Waals surface area (Å²) in [5.74, 6) is -1.43. The molecular weight excluding hydrogens is 400 g/mol. The first-order chi connectivity index (χ1) is 14.8. The second-order valence-corrected chi connectivity index (χ2v) is 8.49. The molecule has 2 fully saturated rings. The van der Waals surface area contributed by atoms with E-state index < -0.39 is 17.3 Å². The normalized spacial score (nSPS) is 16.6. The Labute approximate surface area is 178 Å². The fourth-order valence-corrected chi connectivity index (χ4v) is 3.56. The summed E-state index contributed by atoms with van der Waals surface area (Å²) in [7, 11) is 0. The lowest BCUT2D eigenvalue weighted by Crippen LogP contribution is -2.48. The second-order valence-electron chi connectivity index (χ2n) is 8.49. The van der Waals surface area contributed by atoms with Gasteiger partial charge in [0.2, 0.25) is 11.8 Å². The number of fused-ring (bicyclic) bond motifs is 1. The maximum atomic E-state index is 13.2. The number of amides is 2. The highest BCUT2D eigenvalue weighted by Crippen LogP contribution is 2.24. The van der Waals surface area contributed by atoms with Crippen LogP contribution in [0.1, 0.15) is 42.6 Å². The number of rotatable bonds is 6. The van der Waals surface area contributed by atoms with Gasteiger partial charge in [0.05, 0.1) is 18.2 Å². The minimum atomic E-state index is -0.614. The lowest BCUT2D eigenvalue weighted by atomic mass is 10.0. The van der Waals surface area contributed by atoms with Gasteiger partial charge in [-0.15, -0.1) is 0 Å². The van der Waals surface area contributed by atoms with Crippen LogP contribution in [0.2, 0.25) is 0 Å². The van der Waals surface area contributed by atoms with Crippen molar-refractivity contribution in [3.63, 3.8) is 0 Å². The Morgan fingerprint density at radius 3 is 2.71 bits per heavy atom. The van der Waals surface area contributed by atoms with Gasteiger partial charge in [-0.25, -0.2) is 0 Å². The highest BCUT2D eigenvalue weighted by molar-refractivity contribution is 5.97. The molecule has 0 radical (unpaired) electrons. The molecule has 4 rings (SSSR count). The number of nitrogens with one attached hydrogen (secondary N) is 1. The molecule has 2 aromatic rings. The molecule has 0 atom stereocenters. The lowest BCUT2D eigenvalue weighted by Gasteiger charge is -2.34. The summed E-state index contributed by atoms with van der Waals surface area (Å²) in [4.78, 5) is 39.6. The minimum absolute atomic E-state index is 0.0322. The van der Waals surface area contributed by atoms with Gasteiger partial charge in [0, 0.05) is 37.3 Å². The third-order valence-corrected chi connectivity index (χ3v) is 5.38. The molecule has 2 aromatic heterocycles. The number of aromatic nitrogens is 3. The number of carbonyl (C=O) groups excluding carboxylic acids is 2. The zero-order chi connectivity index (χ0) is 22.3. The Morgan fingerprint density at radius 2 is 2.10 bits per heavy atom. The minimum Gasteiger partial charge on any atom is -0.492 e. The van der Waals surface area contributed by atoms with E-state index in [1.807, 2.05) is 13.8 Å². The molecule has 0 aromatic carbocycles. The molecule has 10 nitrogen and oxygen atoms in total. The van der Waals surface area contributed by atoms with E-state index in [1.54, 1.807) is 4.90 Å². The monoisotopic (exact) mass is 424 g/mol. The van der Waals surface area contributed by atoms with Gasteiger partial charge in [-0.3, -0.25) is 19.0 Å². The summed E-state index contributed by atoms with van der Waals surface area (Å²) in [5, 5.41) is 26.4. The van der Waals surface area contributed by atoms with Gasteiger partial charge in [0.15, 0.2) is 5.56 Å². The zero-order valence-electron chi connectivity index (χ0n) is 17.4. The number of hydrogen-bond donors (Lipinski definition) is 2. The van der Waals surface area contributed by atoms with Crippen LogP contribution in [-0.4, -0.2) is 55.1 Å². The average Bonchev–Trinajstić information content (AvgIpc) is 3.38. The fourth-order valence-electron chi connectivity index (χ4n) is 3.56. The van der Waals surface area contributed by atoms with Crippen molar-refractivity contribution in [1.82, 2.24) is 24.4 Å². The van der Waals surface area contributed by atoms with Gasteiger partial charge >= 0.3 is 0 Å². The molecule has 3 heterocycles. The molecule has 1 saturated carbocycles. The quantitative estimate of drug-likeness (QED) is 0.658. The van der Waals surface area contributed by atoms with Crippen molar-refractivity contribution in [2.45, 2.75) is 39.3 Å². The van der Waals surface area contributed by atoms with Crippen molar-refractivity contribution < 1.29 is 14.7 Å². The maximum absolute atomic E-state index is 13.2. The molecule has 2 amide bonds. The van der Waals surface area contributed by atoms with E-state index in [0.29, 0.717) is 30.8 Å². The van der Waals surface area contributed by atoms with Gasteiger partial charge in [0.1, 0.15) is 5.65 Å². The molecule has 1 aliphatic carbocycles. The summed E-state index contributed by atoms with van der Waals surface area (Å²) >= 11 is 0. The van der Waals surface area contributed by atoms with Crippen LogP contribution in [0.15, 0.2) is 17.1 Å². The van der Waals surface area contributed by atoms with E-state index in [2.05, 4.69) is 16.5 Å². The Morgan fingerprint density at radius 1 is 1.39 bits per heavy atom. The van der Waals surface area contributed by atoms with Crippen molar-refractivity contribution in [2.24, 2.45) is 11.8 Å². The van der Waals surface area contributed by atoms with E-state index in [4.69, 9.17) is 5.26 Å². The van der Waals surface area contributed by atoms with E-state index >= 15 is 0 Å². The van der Waals surface area contributed by atoms with Crippen LogP contribution in [0.4, 0.5) is 0 Å². The smallest absolute Gasteiger partial charge is 0.270 e. The Balaban J connectivity index is 1.73. The molecule has 0 spiro atoms. The number of nitriles is 1. The first-order valence-electron chi connectivity index (χ1n) is 10.3. The summed E-state index contributed by atoms with van der Waals surface area (Å²) in [5.41, 5.74) is -0.162. The van der Waals surface area contributed by atoms with E-state index in [9.17, 15) is 19.5 Å². The Bertz CT molecular complexity index is 1180. The van der Waals surface area contributed by atoms with Gasteiger partial charge in [0.25, 0.3) is 11.5 Å². The van der Waals surface area contributed by atoms with E-state index in [1.165, 1.54) is 22.9 Å². The fraction of sp³-hybridized carbons (Fsp3) is 0.476. The van der Waals surface area contributed by atoms with Crippen LogP contribution in [0.3, 0.4) is 0 Å². The highest BCUT2D eigenvalue weighted by atomic mass is 16.3. The van der Waals surface area contributed by atoms with Crippen LogP contribution < -0.4 is 10.9 Å². The van der Waals surface area contributed by atoms with E-state index in [-0.39, 0.29) is 29.3 Å². The largest absolute Gasteiger partial charge is 0.492 e. The highest BCUT2D eigenvalue weighted by Gasteiger charge is 2.31. The first kappa shape index (κ1) is 20.7.